The lowest BCUT2D eigenvalue weighted by atomic mass is 9.93. The second-order valence-electron chi connectivity index (χ2n) is 6.99. The highest BCUT2D eigenvalue weighted by Crippen LogP contribution is 2.44. The molecule has 0 fully saturated rings. The minimum Gasteiger partial charge on any atom is -0.503 e. The molecule has 0 spiro atoms. The van der Waals surface area contributed by atoms with Crippen LogP contribution < -0.4 is 4.74 Å². The van der Waals surface area contributed by atoms with Crippen LogP contribution in [0.2, 0.25) is 0 Å². The topological polar surface area (TPSA) is 49.8 Å². The molecule has 0 saturated carbocycles. The van der Waals surface area contributed by atoms with Gasteiger partial charge in [-0.25, -0.2) is 8.78 Å². The molecule has 1 amide bonds. The van der Waals surface area contributed by atoms with Crippen molar-refractivity contribution in [2.24, 2.45) is 0 Å². The maximum absolute atomic E-state index is 14.0. The summed E-state index contributed by atoms with van der Waals surface area (Å²) in [6, 6.07) is 18.8. The van der Waals surface area contributed by atoms with Gasteiger partial charge in [0.2, 0.25) is 0 Å². The van der Waals surface area contributed by atoms with Crippen LogP contribution in [0, 0.1) is 11.6 Å². The van der Waals surface area contributed by atoms with Crippen molar-refractivity contribution in [1.29, 1.82) is 0 Å². The Kier molecular flexibility index (Phi) is 5.23. The van der Waals surface area contributed by atoms with Gasteiger partial charge in [-0.15, -0.1) is 0 Å². The number of methoxy groups -OCH3 is 1. The third-order valence-electron chi connectivity index (χ3n) is 5.16. The van der Waals surface area contributed by atoms with Crippen LogP contribution in [0.25, 0.3) is 5.57 Å². The molecule has 0 aromatic heterocycles. The summed E-state index contributed by atoms with van der Waals surface area (Å²) in [6.07, 6.45) is 0. The van der Waals surface area contributed by atoms with Crippen molar-refractivity contribution in [1.82, 2.24) is 4.90 Å². The van der Waals surface area contributed by atoms with Gasteiger partial charge < -0.3 is 14.7 Å². The lowest BCUT2D eigenvalue weighted by Gasteiger charge is -2.27. The van der Waals surface area contributed by atoms with Crippen molar-refractivity contribution in [2.75, 3.05) is 7.11 Å². The van der Waals surface area contributed by atoms with E-state index >= 15 is 0 Å². The zero-order chi connectivity index (χ0) is 21.3. The third-order valence-corrected chi connectivity index (χ3v) is 5.16. The number of benzene rings is 3. The zero-order valence-corrected chi connectivity index (χ0v) is 16.2. The van der Waals surface area contributed by atoms with Gasteiger partial charge in [-0.2, -0.15) is 0 Å². The van der Waals surface area contributed by atoms with E-state index in [2.05, 4.69) is 0 Å². The summed E-state index contributed by atoms with van der Waals surface area (Å²) in [4.78, 5) is 14.4. The molecule has 0 bridgehead atoms. The average molecular weight is 407 g/mol. The number of hydrogen-bond donors (Lipinski definition) is 1. The lowest BCUT2D eigenvalue weighted by molar-refractivity contribution is -0.130. The fraction of sp³-hybridized carbons (Fsp3) is 0.125. The van der Waals surface area contributed by atoms with E-state index in [-0.39, 0.29) is 6.54 Å². The van der Waals surface area contributed by atoms with E-state index in [1.165, 1.54) is 11.0 Å². The minimum atomic E-state index is -1.01. The van der Waals surface area contributed by atoms with Gasteiger partial charge in [-0.05, 0) is 41.0 Å². The molecule has 152 valence electrons. The lowest BCUT2D eigenvalue weighted by Crippen LogP contribution is -2.30. The van der Waals surface area contributed by atoms with Crippen LogP contribution in [0.5, 0.6) is 5.75 Å². The molecule has 0 radical (unpaired) electrons. The van der Waals surface area contributed by atoms with E-state index in [1.54, 1.807) is 43.5 Å². The summed E-state index contributed by atoms with van der Waals surface area (Å²) in [7, 11) is 1.56. The maximum atomic E-state index is 14.0. The first-order valence-corrected chi connectivity index (χ1v) is 9.37. The Morgan fingerprint density at radius 2 is 1.67 bits per heavy atom. The van der Waals surface area contributed by atoms with Crippen molar-refractivity contribution in [3.05, 3.63) is 107 Å². The Morgan fingerprint density at radius 3 is 2.30 bits per heavy atom. The van der Waals surface area contributed by atoms with Gasteiger partial charge in [0.25, 0.3) is 5.91 Å². The number of rotatable bonds is 5. The fourth-order valence-electron chi connectivity index (χ4n) is 3.69. The first-order chi connectivity index (χ1) is 14.5. The molecule has 30 heavy (non-hydrogen) atoms. The largest absolute Gasteiger partial charge is 0.503 e. The van der Waals surface area contributed by atoms with Crippen LogP contribution in [0.3, 0.4) is 0 Å². The number of carbonyl (C=O) groups excluding carboxylic acids is 1. The quantitative estimate of drug-likeness (QED) is 0.646. The highest BCUT2D eigenvalue weighted by molar-refractivity contribution is 6.05. The van der Waals surface area contributed by atoms with Crippen molar-refractivity contribution in [2.45, 2.75) is 12.6 Å². The highest BCUT2D eigenvalue weighted by Gasteiger charge is 2.41. The SMILES string of the molecule is COc1ccc(CN2C(=O)C(O)=C(c3ccccc3)[C@H]2c2ccc(F)c(F)c2)cc1. The first kappa shape index (κ1) is 19.6. The second-order valence-corrected chi connectivity index (χ2v) is 6.99. The Bertz CT molecular complexity index is 1110. The molecule has 1 heterocycles. The molecule has 1 aliphatic heterocycles. The Morgan fingerprint density at radius 1 is 0.967 bits per heavy atom. The summed E-state index contributed by atoms with van der Waals surface area (Å²) < 4.78 is 32.7. The van der Waals surface area contributed by atoms with Crippen molar-refractivity contribution >= 4 is 11.5 Å². The number of amides is 1. The van der Waals surface area contributed by atoms with E-state index in [9.17, 15) is 18.7 Å². The summed E-state index contributed by atoms with van der Waals surface area (Å²) >= 11 is 0. The molecule has 4 rings (SSSR count). The summed E-state index contributed by atoms with van der Waals surface area (Å²) in [5.74, 6) is -2.28. The molecule has 1 N–H and O–H groups in total. The number of halogens is 2. The molecule has 6 heteroatoms. The predicted molar refractivity (Wildman–Crippen MR) is 109 cm³/mol. The second kappa shape index (κ2) is 7.99. The summed E-state index contributed by atoms with van der Waals surface area (Å²) in [6.45, 7) is 0.173. The molecule has 4 nitrogen and oxygen atoms in total. The Labute approximate surface area is 172 Å². The van der Waals surface area contributed by atoms with Gasteiger partial charge in [0.05, 0.1) is 13.2 Å². The van der Waals surface area contributed by atoms with Crippen molar-refractivity contribution in [3.8, 4) is 5.75 Å². The molecule has 1 atom stereocenters. The van der Waals surface area contributed by atoms with Crippen molar-refractivity contribution in [3.63, 3.8) is 0 Å². The van der Waals surface area contributed by atoms with E-state index in [4.69, 9.17) is 4.74 Å². The predicted octanol–water partition coefficient (Wildman–Crippen LogP) is 5.03. The smallest absolute Gasteiger partial charge is 0.290 e. The minimum absolute atomic E-state index is 0.173. The van der Waals surface area contributed by atoms with E-state index < -0.39 is 29.3 Å². The molecular weight excluding hydrogens is 388 g/mol. The highest BCUT2D eigenvalue weighted by atomic mass is 19.2. The monoisotopic (exact) mass is 407 g/mol. The van der Waals surface area contributed by atoms with Gasteiger partial charge in [0.15, 0.2) is 17.4 Å². The molecule has 1 aliphatic rings. The number of nitrogens with zero attached hydrogens (tertiary/aromatic N) is 1. The fourth-order valence-corrected chi connectivity index (χ4v) is 3.69. The van der Waals surface area contributed by atoms with E-state index in [0.29, 0.717) is 22.4 Å². The molecule has 3 aromatic rings. The van der Waals surface area contributed by atoms with Crippen LogP contribution in [0.4, 0.5) is 8.78 Å². The summed E-state index contributed by atoms with van der Waals surface area (Å²) in [5.41, 5.74) is 2.17. The number of ether oxygens (including phenoxy) is 1. The average Bonchev–Trinajstić information content (AvgIpc) is 3.02. The standard InChI is InChI=1S/C24H19F2NO3/c1-30-18-10-7-15(8-11-18)14-27-22(17-9-12-19(25)20(26)13-17)21(23(28)24(27)29)16-5-3-2-4-6-16/h2-13,22,28H,14H2,1H3/t22-/m1/s1. The van der Waals surface area contributed by atoms with Crippen LogP contribution in [0.15, 0.2) is 78.6 Å². The van der Waals surface area contributed by atoms with Gasteiger partial charge in [0, 0.05) is 12.1 Å². The van der Waals surface area contributed by atoms with E-state index in [0.717, 1.165) is 17.7 Å². The molecular formula is C24H19F2NO3. The zero-order valence-electron chi connectivity index (χ0n) is 16.2. The van der Waals surface area contributed by atoms with Gasteiger partial charge in [-0.3, -0.25) is 4.79 Å². The Balaban J connectivity index is 1.79. The first-order valence-electron chi connectivity index (χ1n) is 9.37. The normalized spacial score (nSPS) is 16.3. The van der Waals surface area contributed by atoms with Crippen LogP contribution in [-0.2, 0) is 11.3 Å². The number of aliphatic hydroxyl groups is 1. The van der Waals surface area contributed by atoms with Crippen LogP contribution in [0.1, 0.15) is 22.7 Å². The van der Waals surface area contributed by atoms with Crippen LogP contribution >= 0.6 is 0 Å². The molecule has 0 aliphatic carbocycles. The van der Waals surface area contributed by atoms with Gasteiger partial charge >= 0.3 is 0 Å². The molecule has 0 unspecified atom stereocenters. The number of aliphatic hydroxyl groups excluding tert-OH is 1. The number of carbonyl (C=O) groups is 1. The number of hydrogen-bond acceptors (Lipinski definition) is 3. The Hall–Kier alpha value is -3.67. The van der Waals surface area contributed by atoms with Gasteiger partial charge in [-0.1, -0.05) is 48.5 Å². The van der Waals surface area contributed by atoms with Crippen molar-refractivity contribution < 1.29 is 23.4 Å². The molecule has 3 aromatic carbocycles. The van der Waals surface area contributed by atoms with Crippen LogP contribution in [-0.4, -0.2) is 23.0 Å². The third kappa shape index (κ3) is 3.52. The molecule has 0 saturated heterocycles. The van der Waals surface area contributed by atoms with Gasteiger partial charge in [0.1, 0.15) is 5.75 Å². The maximum Gasteiger partial charge on any atom is 0.290 e. The van der Waals surface area contributed by atoms with E-state index in [1.807, 2.05) is 18.2 Å². The summed E-state index contributed by atoms with van der Waals surface area (Å²) in [5, 5.41) is 10.7.